The van der Waals surface area contributed by atoms with Crippen LogP contribution in [0.15, 0.2) is 18.5 Å². The van der Waals surface area contributed by atoms with Crippen molar-refractivity contribution in [2.45, 2.75) is 19.3 Å². The smallest absolute Gasteiger partial charge is 0.0107 e. The molecule has 1 aromatic heterocycles. The Bertz CT molecular complexity index is 298. The molecule has 0 amide bonds. The molecule has 0 radical (unpaired) electrons. The molecular formula is C13H23N3. The van der Waals surface area contributed by atoms with Gasteiger partial charge in [0.25, 0.3) is 0 Å². The second-order valence-corrected chi connectivity index (χ2v) is 4.73. The van der Waals surface area contributed by atoms with Crippen molar-refractivity contribution >= 4 is 0 Å². The third-order valence-corrected chi connectivity index (χ3v) is 3.27. The molecule has 0 bridgehead atoms. The van der Waals surface area contributed by atoms with Crippen LogP contribution in [-0.2, 0) is 13.5 Å². The molecule has 1 N–H and O–H groups in total. The Morgan fingerprint density at radius 2 is 2.25 bits per heavy atom. The largest absolute Gasteiger partial charge is 0.357 e. The van der Waals surface area contributed by atoms with Gasteiger partial charge in [0, 0.05) is 32.5 Å². The number of hydrogen-bond acceptors (Lipinski definition) is 2. The molecule has 3 nitrogen and oxygen atoms in total. The number of hydrogen-bond donors (Lipinski definition) is 1. The molecule has 2 heterocycles. The van der Waals surface area contributed by atoms with E-state index in [1.54, 1.807) is 0 Å². The zero-order valence-electron chi connectivity index (χ0n) is 10.3. The van der Waals surface area contributed by atoms with Gasteiger partial charge in [-0.1, -0.05) is 0 Å². The monoisotopic (exact) mass is 221 g/mol. The number of aromatic nitrogens is 1. The first-order valence-corrected chi connectivity index (χ1v) is 6.38. The number of nitrogens with zero attached hydrogens (tertiary/aromatic N) is 2. The zero-order chi connectivity index (χ0) is 11.2. The van der Waals surface area contributed by atoms with Gasteiger partial charge in [-0.3, -0.25) is 0 Å². The van der Waals surface area contributed by atoms with Crippen molar-refractivity contribution in [2.24, 2.45) is 7.05 Å². The number of nitrogens with one attached hydrogen (secondary N) is 1. The van der Waals surface area contributed by atoms with Gasteiger partial charge in [-0.25, -0.2) is 0 Å². The van der Waals surface area contributed by atoms with Crippen molar-refractivity contribution < 1.29 is 0 Å². The minimum Gasteiger partial charge on any atom is -0.357 e. The molecule has 16 heavy (non-hydrogen) atoms. The summed E-state index contributed by atoms with van der Waals surface area (Å²) in [6, 6.07) is 2.23. The molecule has 1 aliphatic heterocycles. The average molecular weight is 221 g/mol. The zero-order valence-corrected chi connectivity index (χ0v) is 10.3. The predicted molar refractivity (Wildman–Crippen MR) is 67.7 cm³/mol. The van der Waals surface area contributed by atoms with Gasteiger partial charge in [0.15, 0.2) is 0 Å². The normalized spacial score (nSPS) is 18.6. The van der Waals surface area contributed by atoms with E-state index in [9.17, 15) is 0 Å². The van der Waals surface area contributed by atoms with Crippen LogP contribution in [0.2, 0.25) is 0 Å². The predicted octanol–water partition coefficient (Wildman–Crippen LogP) is 1.25. The van der Waals surface area contributed by atoms with E-state index >= 15 is 0 Å². The van der Waals surface area contributed by atoms with Crippen molar-refractivity contribution in [2.75, 3.05) is 32.7 Å². The van der Waals surface area contributed by atoms with Gasteiger partial charge in [-0.15, -0.1) is 0 Å². The van der Waals surface area contributed by atoms with E-state index in [0.717, 1.165) is 6.54 Å². The summed E-state index contributed by atoms with van der Waals surface area (Å²) in [5, 5.41) is 3.44. The molecule has 0 aromatic carbocycles. The third kappa shape index (κ3) is 3.65. The summed E-state index contributed by atoms with van der Waals surface area (Å²) in [4.78, 5) is 2.59. The topological polar surface area (TPSA) is 20.2 Å². The molecule has 90 valence electrons. The highest BCUT2D eigenvalue weighted by Crippen LogP contribution is 2.05. The van der Waals surface area contributed by atoms with Gasteiger partial charge in [0.05, 0.1) is 0 Å². The Hall–Kier alpha value is -0.800. The van der Waals surface area contributed by atoms with Crippen molar-refractivity contribution in [3.8, 4) is 0 Å². The SMILES string of the molecule is Cn1ccc(CCCN2CCCNCC2)c1. The Balaban J connectivity index is 1.67. The molecular weight excluding hydrogens is 198 g/mol. The lowest BCUT2D eigenvalue weighted by atomic mass is 10.2. The maximum absolute atomic E-state index is 3.44. The van der Waals surface area contributed by atoms with Crippen LogP contribution in [-0.4, -0.2) is 42.2 Å². The summed E-state index contributed by atoms with van der Waals surface area (Å²) in [7, 11) is 2.09. The molecule has 1 aliphatic rings. The maximum atomic E-state index is 3.44. The van der Waals surface area contributed by atoms with E-state index in [4.69, 9.17) is 0 Å². The van der Waals surface area contributed by atoms with Crippen molar-refractivity contribution in [1.29, 1.82) is 0 Å². The molecule has 2 rings (SSSR count). The van der Waals surface area contributed by atoms with Crippen LogP contribution in [0.4, 0.5) is 0 Å². The highest BCUT2D eigenvalue weighted by molar-refractivity contribution is 5.09. The number of rotatable bonds is 4. The summed E-state index contributed by atoms with van der Waals surface area (Å²) in [5.41, 5.74) is 1.47. The average Bonchev–Trinajstić information content (AvgIpc) is 2.54. The quantitative estimate of drug-likeness (QED) is 0.826. The van der Waals surface area contributed by atoms with Crippen molar-refractivity contribution in [3.05, 3.63) is 24.0 Å². The van der Waals surface area contributed by atoms with E-state index in [0.29, 0.717) is 0 Å². The van der Waals surface area contributed by atoms with E-state index in [2.05, 4.69) is 40.3 Å². The van der Waals surface area contributed by atoms with Crippen molar-refractivity contribution in [1.82, 2.24) is 14.8 Å². The molecule has 0 saturated carbocycles. The fourth-order valence-corrected chi connectivity index (χ4v) is 2.34. The summed E-state index contributed by atoms with van der Waals surface area (Å²) >= 11 is 0. The lowest BCUT2D eigenvalue weighted by molar-refractivity contribution is 0.289. The van der Waals surface area contributed by atoms with Gasteiger partial charge >= 0.3 is 0 Å². The van der Waals surface area contributed by atoms with Gasteiger partial charge in [0.1, 0.15) is 0 Å². The molecule has 0 aliphatic carbocycles. The van der Waals surface area contributed by atoms with Crippen LogP contribution in [0.1, 0.15) is 18.4 Å². The van der Waals surface area contributed by atoms with Crippen molar-refractivity contribution in [3.63, 3.8) is 0 Å². The molecule has 1 fully saturated rings. The first-order chi connectivity index (χ1) is 7.84. The number of aryl methyl sites for hydroxylation is 2. The maximum Gasteiger partial charge on any atom is 0.0107 e. The van der Waals surface area contributed by atoms with Crippen LogP contribution < -0.4 is 5.32 Å². The van der Waals surface area contributed by atoms with Gasteiger partial charge in [-0.2, -0.15) is 0 Å². The minimum atomic E-state index is 1.16. The molecule has 0 spiro atoms. The molecule has 3 heteroatoms. The first-order valence-electron chi connectivity index (χ1n) is 6.38. The van der Waals surface area contributed by atoms with Gasteiger partial charge < -0.3 is 14.8 Å². The second kappa shape index (κ2) is 6.06. The summed E-state index contributed by atoms with van der Waals surface area (Å²) in [6.45, 7) is 6.08. The van der Waals surface area contributed by atoms with Crippen LogP contribution in [0.5, 0.6) is 0 Å². The standard InChI is InChI=1S/C13H23N3/c1-15-10-5-13(12-15)4-2-8-16-9-3-6-14-7-11-16/h5,10,12,14H,2-4,6-9,11H2,1H3. The molecule has 0 atom stereocenters. The Morgan fingerprint density at radius 1 is 1.31 bits per heavy atom. The summed E-state index contributed by atoms with van der Waals surface area (Å²) in [5.74, 6) is 0. The molecule has 1 aromatic rings. The van der Waals surface area contributed by atoms with Crippen LogP contribution in [0, 0.1) is 0 Å². The summed E-state index contributed by atoms with van der Waals surface area (Å²) < 4.78 is 2.13. The fraction of sp³-hybridized carbons (Fsp3) is 0.692. The van der Waals surface area contributed by atoms with Crippen LogP contribution in [0.3, 0.4) is 0 Å². The Kier molecular flexibility index (Phi) is 4.43. The van der Waals surface area contributed by atoms with E-state index < -0.39 is 0 Å². The fourth-order valence-electron chi connectivity index (χ4n) is 2.34. The first kappa shape index (κ1) is 11.7. The van der Waals surface area contributed by atoms with E-state index in [1.165, 1.54) is 51.0 Å². The Labute approximate surface area is 98.4 Å². The van der Waals surface area contributed by atoms with Gasteiger partial charge in [-0.05, 0) is 50.5 Å². The van der Waals surface area contributed by atoms with Gasteiger partial charge in [0.2, 0.25) is 0 Å². The van der Waals surface area contributed by atoms with E-state index in [1.807, 2.05) is 0 Å². The van der Waals surface area contributed by atoms with Crippen LogP contribution in [0.25, 0.3) is 0 Å². The molecule has 1 saturated heterocycles. The minimum absolute atomic E-state index is 1.16. The lowest BCUT2D eigenvalue weighted by Gasteiger charge is -2.18. The lowest BCUT2D eigenvalue weighted by Crippen LogP contribution is -2.29. The van der Waals surface area contributed by atoms with Crippen LogP contribution >= 0.6 is 0 Å². The second-order valence-electron chi connectivity index (χ2n) is 4.73. The highest BCUT2D eigenvalue weighted by Gasteiger charge is 2.07. The summed E-state index contributed by atoms with van der Waals surface area (Å²) in [6.07, 6.45) is 8.15. The highest BCUT2D eigenvalue weighted by atomic mass is 15.1. The van der Waals surface area contributed by atoms with E-state index in [-0.39, 0.29) is 0 Å². The Morgan fingerprint density at radius 3 is 3.06 bits per heavy atom. The third-order valence-electron chi connectivity index (χ3n) is 3.27. The molecule has 0 unspecified atom stereocenters.